The Morgan fingerprint density at radius 3 is 2.93 bits per heavy atom. The summed E-state index contributed by atoms with van der Waals surface area (Å²) in [4.78, 5) is 20.0. The van der Waals surface area contributed by atoms with Crippen molar-refractivity contribution in [2.45, 2.75) is 13.0 Å². The number of hydrogen-bond acceptors (Lipinski definition) is 8. The van der Waals surface area contributed by atoms with Gasteiger partial charge >= 0.3 is 0 Å². The highest BCUT2D eigenvalue weighted by molar-refractivity contribution is 7.92. The molecular weight excluding hydrogens is 366 g/mol. The lowest BCUT2D eigenvalue weighted by Gasteiger charge is -2.34. The Labute approximate surface area is 157 Å². The van der Waals surface area contributed by atoms with Gasteiger partial charge in [0.15, 0.2) is 11.5 Å². The van der Waals surface area contributed by atoms with Crippen LogP contribution in [-0.2, 0) is 14.5 Å². The van der Waals surface area contributed by atoms with E-state index >= 15 is 0 Å². The summed E-state index contributed by atoms with van der Waals surface area (Å²) in [6.07, 6.45) is 6.50. The molecule has 3 aromatic heterocycles. The van der Waals surface area contributed by atoms with Crippen LogP contribution in [0.2, 0.25) is 0 Å². The topological polar surface area (TPSA) is 98.4 Å². The molecule has 0 radical (unpaired) electrons. The molecule has 0 amide bonds. The van der Waals surface area contributed by atoms with E-state index < -0.39 is 9.73 Å². The third-order valence-corrected chi connectivity index (χ3v) is 4.83. The minimum Gasteiger partial charge on any atom is -0.377 e. The molecule has 0 spiro atoms. The highest BCUT2D eigenvalue weighted by atomic mass is 32.2. The minimum absolute atomic E-state index is 0.170. The maximum Gasteiger partial charge on any atom is 0.239 e. The van der Waals surface area contributed by atoms with Crippen LogP contribution < -0.4 is 4.90 Å². The zero-order valence-corrected chi connectivity index (χ0v) is 16.3. The molecule has 1 aliphatic heterocycles. The number of rotatable bonds is 3. The monoisotopic (exact) mass is 387 g/mol. The zero-order chi connectivity index (χ0) is 19.0. The van der Waals surface area contributed by atoms with Gasteiger partial charge in [-0.2, -0.15) is 14.3 Å². The molecule has 0 aliphatic carbocycles. The Kier molecular flexibility index (Phi) is 4.52. The zero-order valence-electron chi connectivity index (χ0n) is 15.4. The second kappa shape index (κ2) is 6.86. The number of nitrogens with zero attached hydrogens (tertiary/aromatic N) is 7. The predicted octanol–water partition coefficient (Wildman–Crippen LogP) is 1.79. The molecule has 0 unspecified atom stereocenters. The van der Waals surface area contributed by atoms with E-state index in [1.807, 2.05) is 12.1 Å². The van der Waals surface area contributed by atoms with Crippen molar-refractivity contribution in [1.29, 1.82) is 0 Å². The molecule has 142 valence electrons. The molecule has 27 heavy (non-hydrogen) atoms. The number of fused-ring (bicyclic) bond motifs is 1. The van der Waals surface area contributed by atoms with E-state index in [1.165, 1.54) is 0 Å². The summed E-state index contributed by atoms with van der Waals surface area (Å²) in [5, 5.41) is 0. The molecular formula is C17H21N7O2S. The summed E-state index contributed by atoms with van der Waals surface area (Å²) < 4.78 is 23.8. The molecule has 3 aromatic rings. The minimum atomic E-state index is -2.36. The smallest absolute Gasteiger partial charge is 0.239 e. The molecule has 0 bridgehead atoms. The van der Waals surface area contributed by atoms with Crippen LogP contribution in [0.5, 0.6) is 0 Å². The molecule has 0 saturated carbocycles. The molecule has 1 fully saturated rings. The maximum atomic E-state index is 12.2. The van der Waals surface area contributed by atoms with Crippen LogP contribution >= 0.6 is 0 Å². The fourth-order valence-electron chi connectivity index (χ4n) is 3.01. The average molecular weight is 387 g/mol. The number of anilines is 1. The third kappa shape index (κ3) is 3.76. The van der Waals surface area contributed by atoms with Gasteiger partial charge in [0.1, 0.15) is 12.1 Å². The van der Waals surface area contributed by atoms with Crippen LogP contribution in [0.1, 0.15) is 6.92 Å². The first-order chi connectivity index (χ1) is 12.9. The van der Waals surface area contributed by atoms with E-state index in [2.05, 4.69) is 31.1 Å². The van der Waals surface area contributed by atoms with Crippen LogP contribution in [-0.4, -0.2) is 67.0 Å². The van der Waals surface area contributed by atoms with Crippen LogP contribution in [0.15, 0.2) is 35.1 Å². The van der Waals surface area contributed by atoms with Crippen molar-refractivity contribution < 1.29 is 8.95 Å². The van der Waals surface area contributed by atoms with Gasteiger partial charge < -0.3 is 9.64 Å². The van der Waals surface area contributed by atoms with Gasteiger partial charge in [0.05, 0.1) is 24.8 Å². The number of ether oxygens (including phenoxy) is 1. The van der Waals surface area contributed by atoms with Gasteiger partial charge in [-0.3, -0.25) is 4.57 Å². The highest BCUT2D eigenvalue weighted by Crippen LogP contribution is 2.25. The summed E-state index contributed by atoms with van der Waals surface area (Å²) in [6, 6.07) is 5.69. The average Bonchev–Trinajstić information content (AvgIpc) is 3.04. The molecule has 1 atom stereocenters. The summed E-state index contributed by atoms with van der Waals surface area (Å²) in [5.41, 5.74) is 1.41. The normalized spacial score (nSPS) is 18.0. The van der Waals surface area contributed by atoms with Crippen LogP contribution in [0, 0.1) is 0 Å². The fraction of sp³-hybridized carbons (Fsp3) is 0.412. The first-order valence-electron chi connectivity index (χ1n) is 8.60. The molecule has 1 aliphatic rings. The second-order valence-electron chi connectivity index (χ2n) is 6.73. The Hall–Kier alpha value is -2.59. The lowest BCUT2D eigenvalue weighted by atomic mass is 10.2. The Balaban J connectivity index is 1.89. The number of hydrogen-bond donors (Lipinski definition) is 0. The van der Waals surface area contributed by atoms with E-state index in [4.69, 9.17) is 9.72 Å². The van der Waals surface area contributed by atoms with Gasteiger partial charge in [-0.15, -0.1) is 0 Å². The first kappa shape index (κ1) is 17.8. The lowest BCUT2D eigenvalue weighted by Crippen LogP contribution is -2.44. The number of pyridine rings is 1. The Bertz CT molecular complexity index is 1100. The standard InChI is InChI=1S/C17H21N7O2S/c1-12-10-26-8-7-23(12)15-9-14(22-27(2,3)25)20-17(21-15)24-11-19-16-13(24)5-4-6-18-16/h4-6,9,11-12H,7-8,10H2,1-3H3/t12-/m1/s1. The number of imidazole rings is 1. The van der Waals surface area contributed by atoms with Gasteiger partial charge in [-0.05, 0) is 19.1 Å². The van der Waals surface area contributed by atoms with E-state index in [-0.39, 0.29) is 6.04 Å². The molecule has 1 saturated heterocycles. The van der Waals surface area contributed by atoms with Gasteiger partial charge in [-0.1, -0.05) is 0 Å². The van der Waals surface area contributed by atoms with Gasteiger partial charge in [0.25, 0.3) is 0 Å². The van der Waals surface area contributed by atoms with Gasteiger partial charge in [-0.25, -0.2) is 14.2 Å². The predicted molar refractivity (Wildman–Crippen MR) is 104 cm³/mol. The number of morpholine rings is 1. The highest BCUT2D eigenvalue weighted by Gasteiger charge is 2.22. The second-order valence-corrected chi connectivity index (χ2v) is 9.28. The van der Waals surface area contributed by atoms with Crippen molar-refractivity contribution in [1.82, 2.24) is 24.5 Å². The van der Waals surface area contributed by atoms with Crippen molar-refractivity contribution in [3.8, 4) is 5.95 Å². The van der Waals surface area contributed by atoms with Crippen molar-refractivity contribution in [2.24, 2.45) is 4.36 Å². The quantitative estimate of drug-likeness (QED) is 0.676. The van der Waals surface area contributed by atoms with Crippen molar-refractivity contribution >= 4 is 32.5 Å². The summed E-state index contributed by atoms with van der Waals surface area (Å²) >= 11 is 0. The van der Waals surface area contributed by atoms with Crippen LogP contribution in [0.4, 0.5) is 11.6 Å². The molecule has 4 rings (SSSR count). The van der Waals surface area contributed by atoms with Crippen molar-refractivity contribution in [3.63, 3.8) is 0 Å². The molecule has 0 N–H and O–H groups in total. The number of aromatic nitrogens is 5. The van der Waals surface area contributed by atoms with Crippen molar-refractivity contribution in [2.75, 3.05) is 37.2 Å². The third-order valence-electron chi connectivity index (χ3n) is 4.20. The lowest BCUT2D eigenvalue weighted by molar-refractivity contribution is 0.0985. The molecule has 10 heteroatoms. The summed E-state index contributed by atoms with van der Waals surface area (Å²) in [7, 11) is -2.36. The van der Waals surface area contributed by atoms with Gasteiger partial charge in [0, 0.05) is 41.0 Å². The fourth-order valence-corrected chi connectivity index (χ4v) is 3.56. The van der Waals surface area contributed by atoms with Gasteiger partial charge in [0.2, 0.25) is 5.95 Å². The Morgan fingerprint density at radius 2 is 2.15 bits per heavy atom. The molecule has 9 nitrogen and oxygen atoms in total. The van der Waals surface area contributed by atoms with Crippen LogP contribution in [0.25, 0.3) is 17.1 Å². The maximum absolute atomic E-state index is 12.2. The van der Waals surface area contributed by atoms with Crippen molar-refractivity contribution in [3.05, 3.63) is 30.7 Å². The summed E-state index contributed by atoms with van der Waals surface area (Å²) in [6.45, 7) is 4.06. The van der Waals surface area contributed by atoms with E-state index in [0.717, 1.165) is 17.9 Å². The largest absolute Gasteiger partial charge is 0.377 e. The first-order valence-corrected chi connectivity index (χ1v) is 10.9. The Morgan fingerprint density at radius 1 is 1.30 bits per heavy atom. The van der Waals surface area contributed by atoms with Crippen LogP contribution in [0.3, 0.4) is 0 Å². The molecule has 0 aromatic carbocycles. The van der Waals surface area contributed by atoms with E-state index in [0.29, 0.717) is 30.6 Å². The SMILES string of the molecule is C[C@@H]1COCCN1c1cc(N=S(C)(C)=O)nc(-n2cnc3ncccc32)n1. The summed E-state index contributed by atoms with van der Waals surface area (Å²) in [5.74, 6) is 1.53. The molecule has 4 heterocycles. The van der Waals surface area contributed by atoms with E-state index in [1.54, 1.807) is 35.7 Å². The van der Waals surface area contributed by atoms with E-state index in [9.17, 15) is 4.21 Å².